The molecule has 0 unspecified atom stereocenters. The van der Waals surface area contributed by atoms with Crippen molar-refractivity contribution in [3.8, 4) is 0 Å². The van der Waals surface area contributed by atoms with Crippen LogP contribution in [0.15, 0.2) is 83.8 Å². The van der Waals surface area contributed by atoms with Crippen LogP contribution < -0.4 is 16.8 Å². The van der Waals surface area contributed by atoms with E-state index in [0.717, 1.165) is 11.1 Å². The number of carbonyl (C=O) groups is 2. The van der Waals surface area contributed by atoms with Gasteiger partial charge in [-0.05, 0) is 42.2 Å². The monoisotopic (exact) mass is 506 g/mol. The normalized spacial score (nSPS) is 15.0. The van der Waals surface area contributed by atoms with Crippen molar-refractivity contribution in [3.05, 3.63) is 95.6 Å². The van der Waals surface area contributed by atoms with E-state index in [1.807, 2.05) is 60.7 Å². The molecule has 1 saturated heterocycles. The van der Waals surface area contributed by atoms with Gasteiger partial charge in [0.25, 0.3) is 5.91 Å². The molecule has 4 rings (SSSR count). The summed E-state index contributed by atoms with van der Waals surface area (Å²) in [6, 6.07) is 24.4. The Bertz CT molecular complexity index is 1280. The predicted octanol–water partition coefficient (Wildman–Crippen LogP) is 2.92. The number of anilines is 1. The number of carbonyl (C=O) groups excluding carboxylic acids is 2. The summed E-state index contributed by atoms with van der Waals surface area (Å²) >= 11 is 0. The molecule has 5 N–H and O–H groups in total. The molecule has 1 heterocycles. The summed E-state index contributed by atoms with van der Waals surface area (Å²) in [7, 11) is -3.86. The van der Waals surface area contributed by atoms with Gasteiger partial charge in [-0.25, -0.2) is 8.42 Å². The number of benzene rings is 3. The van der Waals surface area contributed by atoms with Gasteiger partial charge in [0.15, 0.2) is 0 Å². The van der Waals surface area contributed by atoms with Gasteiger partial charge in [-0.1, -0.05) is 60.7 Å². The van der Waals surface area contributed by atoms with E-state index >= 15 is 0 Å². The van der Waals surface area contributed by atoms with E-state index in [9.17, 15) is 18.0 Å². The van der Waals surface area contributed by atoms with Crippen LogP contribution in [0, 0.1) is 5.92 Å². The summed E-state index contributed by atoms with van der Waals surface area (Å²) in [6.07, 6.45) is 0.745. The molecule has 9 heteroatoms. The van der Waals surface area contributed by atoms with Crippen molar-refractivity contribution < 1.29 is 18.0 Å². The van der Waals surface area contributed by atoms with Crippen molar-refractivity contribution in [3.63, 3.8) is 0 Å². The molecule has 0 spiro atoms. The van der Waals surface area contributed by atoms with Crippen molar-refractivity contribution in [1.82, 2.24) is 4.31 Å². The molecular formula is C27H30N4O4S. The summed E-state index contributed by atoms with van der Waals surface area (Å²) in [4.78, 5) is 23.7. The Balaban J connectivity index is 1.57. The second-order valence-electron chi connectivity index (χ2n) is 8.91. The number of piperidine rings is 1. The van der Waals surface area contributed by atoms with Crippen molar-refractivity contribution in [2.45, 2.75) is 23.7 Å². The summed E-state index contributed by atoms with van der Waals surface area (Å²) in [5.41, 5.74) is 13.8. The lowest BCUT2D eigenvalue weighted by Crippen LogP contribution is -2.41. The van der Waals surface area contributed by atoms with Crippen LogP contribution in [0.1, 0.15) is 40.2 Å². The molecule has 0 bridgehead atoms. The van der Waals surface area contributed by atoms with Gasteiger partial charge in [0.1, 0.15) is 0 Å². The fourth-order valence-corrected chi connectivity index (χ4v) is 6.08. The number of sulfonamides is 1. The molecule has 3 aromatic rings. The number of nitrogens with zero attached hydrogens (tertiary/aromatic N) is 1. The molecule has 0 saturated carbocycles. The van der Waals surface area contributed by atoms with E-state index in [0.29, 0.717) is 25.1 Å². The molecule has 3 aromatic carbocycles. The average molecular weight is 507 g/mol. The van der Waals surface area contributed by atoms with Gasteiger partial charge < -0.3 is 16.8 Å². The fourth-order valence-electron chi connectivity index (χ4n) is 4.58. The van der Waals surface area contributed by atoms with Gasteiger partial charge in [-0.2, -0.15) is 4.31 Å². The van der Waals surface area contributed by atoms with Crippen LogP contribution in [0.25, 0.3) is 0 Å². The molecule has 0 aliphatic carbocycles. The Kier molecular flexibility index (Phi) is 7.71. The van der Waals surface area contributed by atoms with Crippen LogP contribution in [0.5, 0.6) is 0 Å². The minimum absolute atomic E-state index is 0.00286. The third-order valence-electron chi connectivity index (χ3n) is 6.65. The number of hydrogen-bond acceptors (Lipinski definition) is 5. The number of nitrogens with two attached hydrogens (primary N) is 2. The Labute approximate surface area is 211 Å². The minimum atomic E-state index is -3.86. The van der Waals surface area contributed by atoms with Gasteiger partial charge in [0.2, 0.25) is 15.9 Å². The van der Waals surface area contributed by atoms with E-state index in [-0.39, 0.29) is 35.4 Å². The second-order valence-corrected chi connectivity index (χ2v) is 10.8. The molecule has 2 amide bonds. The van der Waals surface area contributed by atoms with Gasteiger partial charge >= 0.3 is 0 Å². The van der Waals surface area contributed by atoms with E-state index in [2.05, 4.69) is 5.32 Å². The molecular weight excluding hydrogens is 476 g/mol. The van der Waals surface area contributed by atoms with Crippen molar-refractivity contribution in [2.75, 3.05) is 25.0 Å². The van der Waals surface area contributed by atoms with E-state index in [1.54, 1.807) is 6.07 Å². The lowest BCUT2D eigenvalue weighted by molar-refractivity contribution is -0.122. The summed E-state index contributed by atoms with van der Waals surface area (Å²) in [5.74, 6) is -1.46. The van der Waals surface area contributed by atoms with Gasteiger partial charge in [-0.15, -0.1) is 0 Å². The number of nitrogens with one attached hydrogen (secondary N) is 1. The maximum absolute atomic E-state index is 13.2. The fraction of sp³-hybridized carbons (Fsp3) is 0.259. The van der Waals surface area contributed by atoms with Crippen molar-refractivity contribution >= 4 is 27.5 Å². The number of primary amides is 2. The first-order chi connectivity index (χ1) is 17.3. The van der Waals surface area contributed by atoms with E-state index < -0.39 is 21.8 Å². The van der Waals surface area contributed by atoms with E-state index in [1.165, 1.54) is 16.4 Å². The highest BCUT2D eigenvalue weighted by Crippen LogP contribution is 2.29. The van der Waals surface area contributed by atoms with E-state index in [4.69, 9.17) is 11.5 Å². The highest BCUT2D eigenvalue weighted by molar-refractivity contribution is 7.89. The van der Waals surface area contributed by atoms with Crippen LogP contribution in [-0.2, 0) is 14.8 Å². The Morgan fingerprint density at radius 1 is 0.889 bits per heavy atom. The number of rotatable bonds is 9. The van der Waals surface area contributed by atoms with Gasteiger partial charge in [0.05, 0.1) is 10.5 Å². The predicted molar refractivity (Wildman–Crippen MR) is 139 cm³/mol. The summed E-state index contributed by atoms with van der Waals surface area (Å²) in [5, 5.41) is 3.31. The second kappa shape index (κ2) is 10.9. The molecule has 1 fully saturated rings. The molecule has 1 aliphatic rings. The van der Waals surface area contributed by atoms with Gasteiger partial charge in [-0.3, -0.25) is 9.59 Å². The van der Waals surface area contributed by atoms with Crippen LogP contribution in [-0.4, -0.2) is 44.2 Å². The number of amides is 2. The first-order valence-corrected chi connectivity index (χ1v) is 13.3. The molecule has 0 radical (unpaired) electrons. The first-order valence-electron chi connectivity index (χ1n) is 11.8. The topological polar surface area (TPSA) is 136 Å². The minimum Gasteiger partial charge on any atom is -0.383 e. The Hall–Kier alpha value is -3.69. The number of hydrogen-bond donors (Lipinski definition) is 3. The highest BCUT2D eigenvalue weighted by atomic mass is 32.2. The Morgan fingerprint density at radius 2 is 1.44 bits per heavy atom. The molecule has 0 atom stereocenters. The lowest BCUT2D eigenvalue weighted by Gasteiger charge is -2.30. The Morgan fingerprint density at radius 3 is 1.94 bits per heavy atom. The van der Waals surface area contributed by atoms with Crippen LogP contribution in [0.2, 0.25) is 0 Å². The maximum atomic E-state index is 13.2. The lowest BCUT2D eigenvalue weighted by atomic mass is 9.91. The molecule has 1 aliphatic heterocycles. The maximum Gasteiger partial charge on any atom is 0.250 e. The summed E-state index contributed by atoms with van der Waals surface area (Å²) < 4.78 is 27.8. The van der Waals surface area contributed by atoms with Crippen LogP contribution in [0.4, 0.5) is 5.69 Å². The molecule has 8 nitrogen and oxygen atoms in total. The highest BCUT2D eigenvalue weighted by Gasteiger charge is 2.32. The summed E-state index contributed by atoms with van der Waals surface area (Å²) in [6.45, 7) is 0.858. The molecule has 36 heavy (non-hydrogen) atoms. The zero-order chi connectivity index (χ0) is 25.7. The molecule has 188 valence electrons. The molecule has 0 aromatic heterocycles. The quantitative estimate of drug-likeness (QED) is 0.410. The van der Waals surface area contributed by atoms with Crippen molar-refractivity contribution in [1.29, 1.82) is 0 Å². The van der Waals surface area contributed by atoms with Crippen LogP contribution >= 0.6 is 0 Å². The van der Waals surface area contributed by atoms with Crippen molar-refractivity contribution in [2.24, 2.45) is 17.4 Å². The van der Waals surface area contributed by atoms with Crippen LogP contribution in [0.3, 0.4) is 0 Å². The standard InChI is InChI=1S/C27H30N4O4S/c28-26(32)21-13-15-31(16-14-21)36(34,35)22-11-12-25(23(17-22)27(29)33)30-18-24(19-7-3-1-4-8-19)20-9-5-2-6-10-20/h1-12,17,21,24,30H,13-16,18H2,(H2,28,32)(H2,29,33). The zero-order valence-electron chi connectivity index (χ0n) is 19.8. The smallest absolute Gasteiger partial charge is 0.250 e. The average Bonchev–Trinajstić information content (AvgIpc) is 2.90. The SMILES string of the molecule is NC(=O)c1cc(S(=O)(=O)N2CCC(C(N)=O)CC2)ccc1NCC(c1ccccc1)c1ccccc1. The van der Waals surface area contributed by atoms with Gasteiger partial charge in [0, 0.05) is 37.2 Å². The zero-order valence-corrected chi connectivity index (χ0v) is 20.7. The first kappa shape index (κ1) is 25.4. The largest absolute Gasteiger partial charge is 0.383 e. The third kappa shape index (κ3) is 5.58. The third-order valence-corrected chi connectivity index (χ3v) is 8.55.